The molecule has 0 unspecified atom stereocenters. The number of hydrogen-bond donors (Lipinski definition) is 3. The standard InChI is InChI=1S/C24H34O9/c1-6-11-31-21(28)20-18(26)17(25)19(27)22(32-20)33-23(29)24(4,5)10-7-12-30-16-13-14(2)8-9-15(16)3/h6,8-9,13,17-20,22,25-27H,1,7,10-12H2,2-5H3/t17-,18+,19+,20-,22+/m1/s1. The Morgan fingerprint density at radius 1 is 1.15 bits per heavy atom. The van der Waals surface area contributed by atoms with Crippen LogP contribution in [0.15, 0.2) is 30.9 Å². The van der Waals surface area contributed by atoms with Crippen LogP contribution in [0.4, 0.5) is 0 Å². The van der Waals surface area contributed by atoms with Crippen LogP contribution in [0.5, 0.6) is 5.75 Å². The molecule has 2 rings (SSSR count). The maximum absolute atomic E-state index is 12.8. The summed E-state index contributed by atoms with van der Waals surface area (Å²) in [6.07, 6.45) is -6.25. The van der Waals surface area contributed by atoms with Gasteiger partial charge in [-0.3, -0.25) is 4.79 Å². The smallest absolute Gasteiger partial charge is 0.338 e. The molecule has 1 saturated heterocycles. The molecular formula is C24H34O9. The average molecular weight is 467 g/mol. The van der Waals surface area contributed by atoms with Gasteiger partial charge in [-0.2, -0.15) is 0 Å². The molecule has 0 spiro atoms. The Hall–Kier alpha value is -2.46. The minimum Gasteiger partial charge on any atom is -0.493 e. The van der Waals surface area contributed by atoms with Crippen molar-refractivity contribution >= 4 is 11.9 Å². The van der Waals surface area contributed by atoms with Gasteiger partial charge in [-0.25, -0.2) is 4.79 Å². The van der Waals surface area contributed by atoms with Gasteiger partial charge in [-0.05, 0) is 57.7 Å². The van der Waals surface area contributed by atoms with Crippen molar-refractivity contribution in [2.24, 2.45) is 5.41 Å². The molecule has 0 aromatic heterocycles. The molecule has 3 N–H and O–H groups in total. The molecule has 0 aliphatic carbocycles. The van der Waals surface area contributed by atoms with Crippen LogP contribution < -0.4 is 4.74 Å². The highest BCUT2D eigenvalue weighted by atomic mass is 16.7. The third-order valence-corrected chi connectivity index (χ3v) is 5.47. The number of aliphatic hydroxyl groups is 3. The largest absolute Gasteiger partial charge is 0.493 e. The van der Waals surface area contributed by atoms with Gasteiger partial charge in [0.2, 0.25) is 6.29 Å². The number of hydrogen-bond acceptors (Lipinski definition) is 9. The molecule has 0 saturated carbocycles. The van der Waals surface area contributed by atoms with E-state index in [1.165, 1.54) is 6.08 Å². The van der Waals surface area contributed by atoms with Crippen LogP contribution in [-0.2, 0) is 23.8 Å². The topological polar surface area (TPSA) is 132 Å². The molecule has 0 amide bonds. The Balaban J connectivity index is 1.93. The summed E-state index contributed by atoms with van der Waals surface area (Å²) >= 11 is 0. The molecule has 9 heteroatoms. The Kier molecular flexibility index (Phi) is 9.42. The predicted molar refractivity (Wildman–Crippen MR) is 118 cm³/mol. The molecular weight excluding hydrogens is 432 g/mol. The third-order valence-electron chi connectivity index (χ3n) is 5.47. The van der Waals surface area contributed by atoms with E-state index in [9.17, 15) is 24.9 Å². The fraction of sp³-hybridized carbons (Fsp3) is 0.583. The first-order valence-electron chi connectivity index (χ1n) is 10.9. The van der Waals surface area contributed by atoms with E-state index in [-0.39, 0.29) is 6.61 Å². The van der Waals surface area contributed by atoms with Crippen molar-refractivity contribution in [1.29, 1.82) is 0 Å². The Morgan fingerprint density at radius 3 is 2.52 bits per heavy atom. The molecule has 1 aliphatic heterocycles. The normalized spacial score (nSPS) is 25.2. The average Bonchev–Trinajstić information content (AvgIpc) is 2.77. The van der Waals surface area contributed by atoms with Gasteiger partial charge < -0.3 is 34.3 Å². The quantitative estimate of drug-likeness (QED) is 0.267. The fourth-order valence-electron chi connectivity index (χ4n) is 3.29. The number of aliphatic hydroxyl groups excluding tert-OH is 3. The van der Waals surface area contributed by atoms with Crippen molar-refractivity contribution < 1.29 is 43.9 Å². The van der Waals surface area contributed by atoms with Gasteiger partial charge in [0.15, 0.2) is 6.10 Å². The van der Waals surface area contributed by atoms with Gasteiger partial charge in [0.1, 0.15) is 30.7 Å². The lowest BCUT2D eigenvalue weighted by Gasteiger charge is -2.39. The minimum atomic E-state index is -1.77. The number of aryl methyl sites for hydroxylation is 2. The van der Waals surface area contributed by atoms with E-state index in [1.807, 2.05) is 32.0 Å². The molecule has 1 heterocycles. The van der Waals surface area contributed by atoms with Crippen LogP contribution in [0.1, 0.15) is 37.8 Å². The zero-order valence-electron chi connectivity index (χ0n) is 19.5. The molecule has 1 aliphatic rings. The first-order valence-corrected chi connectivity index (χ1v) is 10.9. The summed E-state index contributed by atoms with van der Waals surface area (Å²) in [7, 11) is 0. The highest BCUT2D eigenvalue weighted by Crippen LogP contribution is 2.29. The van der Waals surface area contributed by atoms with Crippen molar-refractivity contribution in [3.05, 3.63) is 42.0 Å². The van der Waals surface area contributed by atoms with E-state index in [1.54, 1.807) is 13.8 Å². The molecule has 9 nitrogen and oxygen atoms in total. The van der Waals surface area contributed by atoms with Crippen LogP contribution in [-0.4, -0.2) is 71.2 Å². The SMILES string of the molecule is C=CCOC(=O)[C@@H]1O[C@@H](OC(=O)C(C)(C)CCCOc2cc(C)ccc2C)[C@@H](O)[C@H](O)[C@@H]1O. The number of ether oxygens (including phenoxy) is 4. The van der Waals surface area contributed by atoms with E-state index in [0.717, 1.165) is 16.9 Å². The van der Waals surface area contributed by atoms with E-state index >= 15 is 0 Å². The molecule has 0 bridgehead atoms. The molecule has 0 radical (unpaired) electrons. The summed E-state index contributed by atoms with van der Waals surface area (Å²) in [6, 6.07) is 5.93. The van der Waals surface area contributed by atoms with Crippen LogP contribution >= 0.6 is 0 Å². The minimum absolute atomic E-state index is 0.133. The summed E-state index contributed by atoms with van der Waals surface area (Å²) in [6.45, 7) is 10.9. The fourth-order valence-corrected chi connectivity index (χ4v) is 3.29. The lowest BCUT2D eigenvalue weighted by Crippen LogP contribution is -2.61. The van der Waals surface area contributed by atoms with Gasteiger partial charge in [0.25, 0.3) is 0 Å². The van der Waals surface area contributed by atoms with Crippen LogP contribution in [0.3, 0.4) is 0 Å². The Morgan fingerprint density at radius 2 is 1.85 bits per heavy atom. The summed E-state index contributed by atoms with van der Waals surface area (Å²) in [5, 5.41) is 30.3. The van der Waals surface area contributed by atoms with Crippen molar-refractivity contribution in [1.82, 2.24) is 0 Å². The molecule has 1 aromatic rings. The number of carbonyl (C=O) groups is 2. The van der Waals surface area contributed by atoms with E-state index in [4.69, 9.17) is 18.9 Å². The monoisotopic (exact) mass is 466 g/mol. The van der Waals surface area contributed by atoms with Crippen molar-refractivity contribution in [3.8, 4) is 5.75 Å². The zero-order chi connectivity index (χ0) is 24.8. The summed E-state index contributed by atoms with van der Waals surface area (Å²) in [5.41, 5.74) is 1.14. The van der Waals surface area contributed by atoms with Crippen molar-refractivity contribution in [2.45, 2.75) is 71.2 Å². The second-order valence-electron chi connectivity index (χ2n) is 8.83. The second kappa shape index (κ2) is 11.6. The lowest BCUT2D eigenvalue weighted by molar-refractivity contribution is -0.289. The Labute approximate surface area is 193 Å². The number of esters is 2. The van der Waals surface area contributed by atoms with E-state index in [0.29, 0.717) is 19.4 Å². The van der Waals surface area contributed by atoms with Gasteiger partial charge in [0, 0.05) is 0 Å². The number of rotatable bonds is 10. The summed E-state index contributed by atoms with van der Waals surface area (Å²) in [4.78, 5) is 24.8. The predicted octanol–water partition coefficient (Wildman–Crippen LogP) is 1.57. The molecule has 1 fully saturated rings. The van der Waals surface area contributed by atoms with Crippen molar-refractivity contribution in [2.75, 3.05) is 13.2 Å². The first kappa shape index (κ1) is 26.8. The van der Waals surface area contributed by atoms with Crippen LogP contribution in [0.25, 0.3) is 0 Å². The maximum atomic E-state index is 12.8. The molecule has 5 atom stereocenters. The molecule has 1 aromatic carbocycles. The summed E-state index contributed by atoms with van der Waals surface area (Å²) in [5.74, 6) is -0.881. The number of carbonyl (C=O) groups excluding carboxylic acids is 2. The zero-order valence-corrected chi connectivity index (χ0v) is 19.5. The maximum Gasteiger partial charge on any atom is 0.338 e. The van der Waals surface area contributed by atoms with Crippen molar-refractivity contribution in [3.63, 3.8) is 0 Å². The highest BCUT2D eigenvalue weighted by Gasteiger charge is 2.49. The van der Waals surface area contributed by atoms with Gasteiger partial charge in [-0.15, -0.1) is 0 Å². The van der Waals surface area contributed by atoms with E-state index < -0.39 is 48.1 Å². The summed E-state index contributed by atoms with van der Waals surface area (Å²) < 4.78 is 21.2. The lowest BCUT2D eigenvalue weighted by atomic mass is 9.88. The van der Waals surface area contributed by atoms with Gasteiger partial charge >= 0.3 is 11.9 Å². The first-order chi connectivity index (χ1) is 15.5. The van der Waals surface area contributed by atoms with Gasteiger partial charge in [0.05, 0.1) is 12.0 Å². The van der Waals surface area contributed by atoms with Crippen LogP contribution in [0, 0.1) is 19.3 Å². The second-order valence-corrected chi connectivity index (χ2v) is 8.83. The highest BCUT2D eigenvalue weighted by molar-refractivity contribution is 5.77. The van der Waals surface area contributed by atoms with E-state index in [2.05, 4.69) is 6.58 Å². The Bertz CT molecular complexity index is 835. The van der Waals surface area contributed by atoms with Crippen LogP contribution in [0.2, 0.25) is 0 Å². The third kappa shape index (κ3) is 7.01. The molecule has 184 valence electrons. The number of benzene rings is 1. The molecule has 33 heavy (non-hydrogen) atoms. The van der Waals surface area contributed by atoms with Gasteiger partial charge in [-0.1, -0.05) is 24.8 Å².